The van der Waals surface area contributed by atoms with E-state index in [0.29, 0.717) is 6.04 Å². The summed E-state index contributed by atoms with van der Waals surface area (Å²) in [5.74, 6) is 0. The van der Waals surface area contributed by atoms with E-state index in [1.54, 1.807) is 11.3 Å². The van der Waals surface area contributed by atoms with Crippen molar-refractivity contribution < 1.29 is 0 Å². The molecule has 0 saturated heterocycles. The molecule has 3 rings (SSSR count). The van der Waals surface area contributed by atoms with Crippen LogP contribution in [0.3, 0.4) is 0 Å². The molecule has 0 fully saturated rings. The number of para-hydroxylation sites is 1. The van der Waals surface area contributed by atoms with E-state index < -0.39 is 0 Å². The SMILES string of the molecule is CNC(Cc1cccs1)c1cnc2ccccc2c1. The van der Waals surface area contributed by atoms with Crippen molar-refractivity contribution in [3.8, 4) is 0 Å². The van der Waals surface area contributed by atoms with E-state index in [2.05, 4.69) is 46.0 Å². The maximum absolute atomic E-state index is 4.54. The Morgan fingerprint density at radius 3 is 2.89 bits per heavy atom. The minimum atomic E-state index is 0.316. The number of hydrogen-bond acceptors (Lipinski definition) is 3. The fourth-order valence-electron chi connectivity index (χ4n) is 2.30. The van der Waals surface area contributed by atoms with Gasteiger partial charge in [0.05, 0.1) is 5.52 Å². The van der Waals surface area contributed by atoms with Crippen molar-refractivity contribution in [2.45, 2.75) is 12.5 Å². The van der Waals surface area contributed by atoms with Crippen molar-refractivity contribution in [3.63, 3.8) is 0 Å². The predicted octanol–water partition coefficient (Wildman–Crippen LogP) is 3.80. The van der Waals surface area contributed by atoms with Gasteiger partial charge < -0.3 is 5.32 Å². The predicted molar refractivity (Wildman–Crippen MR) is 81.6 cm³/mol. The third-order valence-corrected chi connectivity index (χ3v) is 4.25. The highest BCUT2D eigenvalue weighted by Gasteiger charge is 2.11. The molecular weight excluding hydrogens is 252 g/mol. The van der Waals surface area contributed by atoms with Crippen LogP contribution in [-0.2, 0) is 6.42 Å². The first-order valence-electron chi connectivity index (χ1n) is 6.41. The van der Waals surface area contributed by atoms with E-state index in [0.717, 1.165) is 11.9 Å². The van der Waals surface area contributed by atoms with Crippen LogP contribution in [-0.4, -0.2) is 12.0 Å². The van der Waals surface area contributed by atoms with E-state index in [-0.39, 0.29) is 0 Å². The average molecular weight is 268 g/mol. The minimum Gasteiger partial charge on any atom is -0.313 e. The van der Waals surface area contributed by atoms with Crippen LogP contribution in [0.1, 0.15) is 16.5 Å². The first kappa shape index (κ1) is 12.3. The molecule has 3 aromatic rings. The van der Waals surface area contributed by atoms with Crippen molar-refractivity contribution in [2.24, 2.45) is 0 Å². The van der Waals surface area contributed by atoms with Gasteiger partial charge in [-0.3, -0.25) is 4.98 Å². The van der Waals surface area contributed by atoms with Crippen molar-refractivity contribution in [3.05, 3.63) is 64.5 Å². The Morgan fingerprint density at radius 2 is 2.11 bits per heavy atom. The number of nitrogens with one attached hydrogen (secondary N) is 1. The molecule has 0 aliphatic rings. The van der Waals surface area contributed by atoms with Crippen LogP contribution < -0.4 is 5.32 Å². The van der Waals surface area contributed by atoms with Crippen LogP contribution in [0.15, 0.2) is 54.0 Å². The monoisotopic (exact) mass is 268 g/mol. The van der Waals surface area contributed by atoms with Crippen molar-refractivity contribution >= 4 is 22.2 Å². The van der Waals surface area contributed by atoms with Crippen molar-refractivity contribution in [1.29, 1.82) is 0 Å². The molecule has 1 aromatic carbocycles. The second-order valence-electron chi connectivity index (χ2n) is 4.59. The van der Waals surface area contributed by atoms with Crippen molar-refractivity contribution in [1.82, 2.24) is 10.3 Å². The summed E-state index contributed by atoms with van der Waals surface area (Å²) < 4.78 is 0. The molecule has 1 N–H and O–H groups in total. The zero-order chi connectivity index (χ0) is 13.1. The number of aromatic nitrogens is 1. The number of nitrogens with zero attached hydrogens (tertiary/aromatic N) is 1. The average Bonchev–Trinajstić information content (AvgIpc) is 2.97. The van der Waals surface area contributed by atoms with Gasteiger partial charge in [0.25, 0.3) is 0 Å². The topological polar surface area (TPSA) is 24.9 Å². The van der Waals surface area contributed by atoms with Gasteiger partial charge in [0.1, 0.15) is 0 Å². The lowest BCUT2D eigenvalue weighted by molar-refractivity contribution is 0.595. The molecule has 96 valence electrons. The lowest BCUT2D eigenvalue weighted by Crippen LogP contribution is -2.18. The Labute approximate surface area is 117 Å². The molecule has 1 unspecified atom stereocenters. The summed E-state index contributed by atoms with van der Waals surface area (Å²) in [6.45, 7) is 0. The standard InChI is InChI=1S/C16H16N2S/c1-17-16(10-14-6-4-8-19-14)13-9-12-5-2-3-7-15(12)18-11-13/h2-9,11,16-17H,10H2,1H3. The van der Waals surface area contributed by atoms with Gasteiger partial charge in [-0.15, -0.1) is 11.3 Å². The smallest absolute Gasteiger partial charge is 0.0702 e. The molecular formula is C16H16N2S. The Balaban J connectivity index is 1.92. The molecule has 2 heterocycles. The minimum absolute atomic E-state index is 0.316. The van der Waals surface area contributed by atoms with Gasteiger partial charge in [-0.05, 0) is 36.2 Å². The summed E-state index contributed by atoms with van der Waals surface area (Å²) in [5, 5.41) is 6.71. The summed E-state index contributed by atoms with van der Waals surface area (Å²) in [4.78, 5) is 5.94. The summed E-state index contributed by atoms with van der Waals surface area (Å²) >= 11 is 1.80. The quantitative estimate of drug-likeness (QED) is 0.778. The number of thiophene rings is 1. The maximum Gasteiger partial charge on any atom is 0.0702 e. The third kappa shape index (κ3) is 2.67. The zero-order valence-electron chi connectivity index (χ0n) is 10.8. The lowest BCUT2D eigenvalue weighted by Gasteiger charge is -2.16. The normalized spacial score (nSPS) is 12.7. The number of pyridine rings is 1. The Hall–Kier alpha value is -1.71. The molecule has 2 aromatic heterocycles. The Kier molecular flexibility index (Phi) is 3.58. The van der Waals surface area contributed by atoms with Gasteiger partial charge in [0.15, 0.2) is 0 Å². The van der Waals surface area contributed by atoms with Gasteiger partial charge in [0.2, 0.25) is 0 Å². The molecule has 2 nitrogen and oxygen atoms in total. The van der Waals surface area contributed by atoms with Gasteiger partial charge >= 0.3 is 0 Å². The number of fused-ring (bicyclic) bond motifs is 1. The van der Waals surface area contributed by atoms with Gasteiger partial charge in [0, 0.05) is 28.9 Å². The highest BCUT2D eigenvalue weighted by molar-refractivity contribution is 7.09. The molecule has 0 bridgehead atoms. The number of rotatable bonds is 4. The number of benzene rings is 1. The molecule has 0 saturated carbocycles. The number of hydrogen-bond donors (Lipinski definition) is 1. The van der Waals surface area contributed by atoms with E-state index in [1.165, 1.54) is 15.8 Å². The molecule has 0 aliphatic heterocycles. The highest BCUT2D eigenvalue weighted by Crippen LogP contribution is 2.23. The Morgan fingerprint density at radius 1 is 1.21 bits per heavy atom. The second-order valence-corrected chi connectivity index (χ2v) is 5.62. The molecule has 0 spiro atoms. The zero-order valence-corrected chi connectivity index (χ0v) is 11.7. The molecule has 0 radical (unpaired) electrons. The largest absolute Gasteiger partial charge is 0.313 e. The van der Waals surface area contributed by atoms with Crippen LogP contribution in [0.2, 0.25) is 0 Å². The number of likely N-dealkylation sites (N-methyl/N-ethyl adjacent to an activating group) is 1. The first-order valence-corrected chi connectivity index (χ1v) is 7.29. The highest BCUT2D eigenvalue weighted by atomic mass is 32.1. The second kappa shape index (κ2) is 5.51. The van der Waals surface area contributed by atoms with Gasteiger partial charge in [-0.1, -0.05) is 24.3 Å². The third-order valence-electron chi connectivity index (χ3n) is 3.35. The lowest BCUT2D eigenvalue weighted by atomic mass is 10.0. The van der Waals surface area contributed by atoms with E-state index >= 15 is 0 Å². The summed E-state index contributed by atoms with van der Waals surface area (Å²) in [6.07, 6.45) is 2.99. The molecule has 0 amide bonds. The molecule has 19 heavy (non-hydrogen) atoms. The van der Waals surface area contributed by atoms with E-state index in [4.69, 9.17) is 0 Å². The molecule has 0 aliphatic carbocycles. The van der Waals surface area contributed by atoms with Crippen LogP contribution in [0.5, 0.6) is 0 Å². The van der Waals surface area contributed by atoms with Crippen LogP contribution in [0, 0.1) is 0 Å². The molecule has 1 atom stereocenters. The molecule has 3 heteroatoms. The maximum atomic E-state index is 4.54. The van der Waals surface area contributed by atoms with Crippen LogP contribution in [0.25, 0.3) is 10.9 Å². The van der Waals surface area contributed by atoms with Crippen LogP contribution in [0.4, 0.5) is 0 Å². The fourth-order valence-corrected chi connectivity index (χ4v) is 3.05. The van der Waals surface area contributed by atoms with E-state index in [1.807, 2.05) is 25.4 Å². The van der Waals surface area contributed by atoms with Gasteiger partial charge in [-0.2, -0.15) is 0 Å². The first-order chi connectivity index (χ1) is 9.36. The Bertz CT molecular complexity index is 661. The summed E-state index contributed by atoms with van der Waals surface area (Å²) in [6, 6.07) is 15.1. The summed E-state index contributed by atoms with van der Waals surface area (Å²) in [5.41, 5.74) is 2.30. The fraction of sp³-hybridized carbons (Fsp3) is 0.188. The van der Waals surface area contributed by atoms with E-state index in [9.17, 15) is 0 Å². The van der Waals surface area contributed by atoms with Crippen LogP contribution >= 0.6 is 11.3 Å². The van der Waals surface area contributed by atoms with Gasteiger partial charge in [-0.25, -0.2) is 0 Å². The van der Waals surface area contributed by atoms with Crippen molar-refractivity contribution in [2.75, 3.05) is 7.05 Å². The summed E-state index contributed by atoms with van der Waals surface area (Å²) in [7, 11) is 2.01.